The number of hydrogen-bond donors (Lipinski definition) is 0. The highest BCUT2D eigenvalue weighted by Gasteiger charge is 2.30. The maximum Gasteiger partial charge on any atom is 0.233 e. The van der Waals surface area contributed by atoms with Gasteiger partial charge in [0.15, 0.2) is 11.0 Å². The summed E-state index contributed by atoms with van der Waals surface area (Å²) in [6.45, 7) is 5.75. The van der Waals surface area contributed by atoms with E-state index in [9.17, 15) is 9.59 Å². The summed E-state index contributed by atoms with van der Waals surface area (Å²) in [5.41, 5.74) is 2.82. The second kappa shape index (κ2) is 13.0. The molecule has 0 radical (unpaired) electrons. The molecule has 2 amide bonds. The molecule has 1 aromatic heterocycles. The Morgan fingerprint density at radius 3 is 2.42 bits per heavy atom. The molecule has 2 fully saturated rings. The predicted octanol–water partition coefficient (Wildman–Crippen LogP) is 6.67. The number of amides is 2. The van der Waals surface area contributed by atoms with Gasteiger partial charge >= 0.3 is 0 Å². The van der Waals surface area contributed by atoms with Crippen LogP contribution in [0.15, 0.2) is 47.6 Å². The van der Waals surface area contributed by atoms with E-state index >= 15 is 0 Å². The van der Waals surface area contributed by atoms with Crippen molar-refractivity contribution in [2.45, 2.75) is 63.6 Å². The van der Waals surface area contributed by atoms with Crippen LogP contribution in [0, 0.1) is 12.8 Å². The van der Waals surface area contributed by atoms with Crippen molar-refractivity contribution in [2.75, 3.05) is 25.4 Å². The normalized spacial score (nSPS) is 17.9. The molecule has 10 heteroatoms. The van der Waals surface area contributed by atoms with E-state index in [1.54, 1.807) is 12.1 Å². The summed E-state index contributed by atoms with van der Waals surface area (Å²) < 4.78 is 1.91. The summed E-state index contributed by atoms with van der Waals surface area (Å²) in [5.74, 6) is 1.83. The minimum absolute atomic E-state index is 0.00628. The van der Waals surface area contributed by atoms with Gasteiger partial charge in [-0.2, -0.15) is 0 Å². The second-order valence-electron chi connectivity index (χ2n) is 10.9. The highest BCUT2D eigenvalue weighted by atomic mass is 35.5. The molecule has 3 aromatic rings. The Bertz CT molecular complexity index is 1360. The number of aryl methyl sites for hydroxylation is 1. The standard InChI is InChI=1S/C30H35Cl2N5O2S/c1-20-7-10-23(11-8-20)29-33-34-30(37(29)24-12-13-25(31)26(32)17-24)40-19-28(39)35-15-16-36(21(2)18-35)27(38)14-9-22-5-3-4-6-22/h7-8,10-13,17,21-22H,3-6,9,14-16,18-19H2,1-2H3. The van der Waals surface area contributed by atoms with Crippen LogP contribution < -0.4 is 0 Å². The Kier molecular flexibility index (Phi) is 9.38. The zero-order valence-corrected chi connectivity index (χ0v) is 25.3. The van der Waals surface area contributed by atoms with Crippen molar-refractivity contribution in [3.05, 3.63) is 58.1 Å². The minimum atomic E-state index is 0.00628. The third kappa shape index (κ3) is 6.67. The van der Waals surface area contributed by atoms with Crippen LogP contribution in [0.3, 0.4) is 0 Å². The molecule has 2 aromatic carbocycles. The molecule has 5 rings (SSSR count). The van der Waals surface area contributed by atoms with Crippen molar-refractivity contribution in [2.24, 2.45) is 5.92 Å². The molecule has 2 aliphatic rings. The van der Waals surface area contributed by atoms with Crippen LogP contribution in [0.5, 0.6) is 0 Å². The van der Waals surface area contributed by atoms with Gasteiger partial charge in [-0.3, -0.25) is 14.2 Å². The first-order valence-corrected chi connectivity index (χ1v) is 15.7. The first-order valence-electron chi connectivity index (χ1n) is 14.0. The van der Waals surface area contributed by atoms with Gasteiger partial charge in [0.2, 0.25) is 11.8 Å². The number of carbonyl (C=O) groups is 2. The van der Waals surface area contributed by atoms with Crippen molar-refractivity contribution in [3.63, 3.8) is 0 Å². The number of rotatable bonds is 8. The monoisotopic (exact) mass is 599 g/mol. The van der Waals surface area contributed by atoms with E-state index in [1.807, 2.05) is 58.5 Å². The number of hydrogen-bond acceptors (Lipinski definition) is 5. The Balaban J connectivity index is 1.25. The molecule has 0 N–H and O–H groups in total. The summed E-state index contributed by atoms with van der Waals surface area (Å²) in [5, 5.41) is 10.4. The number of carbonyl (C=O) groups excluding carboxylic acids is 2. The smallest absolute Gasteiger partial charge is 0.233 e. The molecule has 1 aliphatic carbocycles. The van der Waals surface area contributed by atoms with E-state index < -0.39 is 0 Å². The third-order valence-corrected chi connectivity index (χ3v) is 9.62. The van der Waals surface area contributed by atoms with E-state index in [-0.39, 0.29) is 23.6 Å². The van der Waals surface area contributed by atoms with Gasteiger partial charge in [0.25, 0.3) is 0 Å². The van der Waals surface area contributed by atoms with E-state index in [0.717, 1.165) is 23.2 Å². The second-order valence-corrected chi connectivity index (χ2v) is 12.6. The van der Waals surface area contributed by atoms with E-state index in [2.05, 4.69) is 10.2 Å². The summed E-state index contributed by atoms with van der Waals surface area (Å²) in [7, 11) is 0. The average molecular weight is 601 g/mol. The lowest BCUT2D eigenvalue weighted by Crippen LogP contribution is -2.55. The lowest BCUT2D eigenvalue weighted by atomic mass is 10.0. The Morgan fingerprint density at radius 1 is 0.975 bits per heavy atom. The molecule has 1 aliphatic heterocycles. The number of aromatic nitrogens is 3. The molecule has 1 saturated carbocycles. The maximum absolute atomic E-state index is 13.3. The van der Waals surface area contributed by atoms with Gasteiger partial charge in [-0.15, -0.1) is 10.2 Å². The summed E-state index contributed by atoms with van der Waals surface area (Å²) in [6.07, 6.45) is 6.72. The highest BCUT2D eigenvalue weighted by Crippen LogP contribution is 2.32. The molecule has 212 valence electrons. The van der Waals surface area contributed by atoms with Gasteiger partial charge in [-0.1, -0.05) is 90.5 Å². The fourth-order valence-electron chi connectivity index (χ4n) is 5.65. The van der Waals surface area contributed by atoms with Gasteiger partial charge < -0.3 is 9.80 Å². The summed E-state index contributed by atoms with van der Waals surface area (Å²) in [6, 6.07) is 13.5. The van der Waals surface area contributed by atoms with E-state index in [4.69, 9.17) is 23.2 Å². The summed E-state index contributed by atoms with van der Waals surface area (Å²) >= 11 is 13.9. The number of piperazine rings is 1. The molecule has 1 saturated heterocycles. The quantitative estimate of drug-likeness (QED) is 0.270. The van der Waals surface area contributed by atoms with Crippen molar-refractivity contribution < 1.29 is 9.59 Å². The SMILES string of the molecule is Cc1ccc(-c2nnc(SCC(=O)N3CCN(C(=O)CCC4CCCC4)C(C)C3)n2-c2ccc(Cl)c(Cl)c2)cc1. The molecule has 0 spiro atoms. The fraction of sp³-hybridized carbons (Fsp3) is 0.467. The number of halogens is 2. The zero-order valence-electron chi connectivity index (χ0n) is 23.0. The molecule has 1 unspecified atom stereocenters. The number of thioether (sulfide) groups is 1. The van der Waals surface area contributed by atoms with Crippen molar-refractivity contribution in [1.29, 1.82) is 0 Å². The number of benzene rings is 2. The van der Waals surface area contributed by atoms with Gasteiger partial charge in [0.05, 0.1) is 21.5 Å². The topological polar surface area (TPSA) is 71.3 Å². The molecular formula is C30H35Cl2N5O2S. The largest absolute Gasteiger partial charge is 0.338 e. The van der Waals surface area contributed by atoms with Crippen LogP contribution in [0.2, 0.25) is 10.0 Å². The van der Waals surface area contributed by atoms with Crippen LogP contribution in [0.25, 0.3) is 17.1 Å². The van der Waals surface area contributed by atoms with Gasteiger partial charge in [0.1, 0.15) is 0 Å². The van der Waals surface area contributed by atoms with Crippen LogP contribution in [-0.2, 0) is 9.59 Å². The third-order valence-electron chi connectivity index (χ3n) is 7.97. The van der Waals surface area contributed by atoms with Crippen LogP contribution >= 0.6 is 35.0 Å². The highest BCUT2D eigenvalue weighted by molar-refractivity contribution is 7.99. The lowest BCUT2D eigenvalue weighted by Gasteiger charge is -2.40. The molecular weight excluding hydrogens is 565 g/mol. The molecule has 1 atom stereocenters. The van der Waals surface area contributed by atoms with Crippen LogP contribution in [0.4, 0.5) is 0 Å². The first kappa shape index (κ1) is 29.0. The number of nitrogens with zero attached hydrogens (tertiary/aromatic N) is 5. The van der Waals surface area contributed by atoms with Crippen molar-refractivity contribution in [3.8, 4) is 17.1 Å². The van der Waals surface area contributed by atoms with Crippen molar-refractivity contribution in [1.82, 2.24) is 24.6 Å². The summed E-state index contributed by atoms with van der Waals surface area (Å²) in [4.78, 5) is 30.0. The molecule has 0 bridgehead atoms. The van der Waals surface area contributed by atoms with Crippen molar-refractivity contribution >= 4 is 46.8 Å². The fourth-order valence-corrected chi connectivity index (χ4v) is 6.80. The zero-order chi connectivity index (χ0) is 28.2. The molecule has 40 heavy (non-hydrogen) atoms. The van der Waals surface area contributed by atoms with E-state index in [0.29, 0.717) is 53.0 Å². The Labute approximate surface area is 250 Å². The molecule has 7 nitrogen and oxygen atoms in total. The maximum atomic E-state index is 13.3. The molecule has 2 heterocycles. The van der Waals surface area contributed by atoms with E-state index in [1.165, 1.54) is 37.4 Å². The van der Waals surface area contributed by atoms with Gasteiger partial charge in [-0.25, -0.2) is 0 Å². The first-order chi connectivity index (χ1) is 19.3. The minimum Gasteiger partial charge on any atom is -0.338 e. The van der Waals surface area contributed by atoms with Gasteiger partial charge in [-0.05, 0) is 44.4 Å². The van der Waals surface area contributed by atoms with Gasteiger partial charge in [0, 0.05) is 37.7 Å². The van der Waals surface area contributed by atoms with Crippen LogP contribution in [-0.4, -0.2) is 67.8 Å². The Hall–Kier alpha value is -2.55. The Morgan fingerprint density at radius 2 is 1.73 bits per heavy atom. The predicted molar refractivity (Wildman–Crippen MR) is 161 cm³/mol. The average Bonchev–Trinajstić information content (AvgIpc) is 3.62. The van der Waals surface area contributed by atoms with Crippen LogP contribution in [0.1, 0.15) is 51.0 Å². The lowest BCUT2D eigenvalue weighted by molar-refractivity contribution is -0.141.